The molecule has 1 N–H and O–H groups in total. The minimum absolute atomic E-state index is 0.00197. The molecule has 0 radical (unpaired) electrons. The predicted molar refractivity (Wildman–Crippen MR) is 75.0 cm³/mol. The fourth-order valence-electron chi connectivity index (χ4n) is 2.45. The highest BCUT2D eigenvalue weighted by Crippen LogP contribution is 2.24. The molecule has 0 aromatic carbocycles. The number of hydrogen-bond donors (Lipinski definition) is 1. The highest BCUT2D eigenvalue weighted by Gasteiger charge is 2.41. The van der Waals surface area contributed by atoms with Crippen molar-refractivity contribution >= 4 is 0 Å². The average Bonchev–Trinajstić information content (AvgIpc) is 2.37. The molecule has 1 rings (SSSR count). The van der Waals surface area contributed by atoms with Crippen LogP contribution in [-0.4, -0.2) is 38.1 Å². The summed E-state index contributed by atoms with van der Waals surface area (Å²) in [6, 6.07) is -0.165. The Morgan fingerprint density at radius 3 is 2.62 bits per heavy atom. The Hall–Kier alpha value is -0.620. The van der Waals surface area contributed by atoms with E-state index in [4.69, 9.17) is 4.74 Å². The van der Waals surface area contributed by atoms with E-state index in [1.165, 1.54) is 12.8 Å². The van der Waals surface area contributed by atoms with Crippen LogP contribution in [0.4, 0.5) is 17.6 Å². The molecule has 0 bridgehead atoms. The molecular formula is C15H25F4NO. The van der Waals surface area contributed by atoms with Gasteiger partial charge in [0.25, 0.3) is 0 Å². The molecule has 0 amide bonds. The Morgan fingerprint density at radius 2 is 1.95 bits per heavy atom. The van der Waals surface area contributed by atoms with Crippen LogP contribution in [0.25, 0.3) is 0 Å². The van der Waals surface area contributed by atoms with Crippen LogP contribution < -0.4 is 5.32 Å². The molecule has 0 aromatic heterocycles. The fourth-order valence-corrected chi connectivity index (χ4v) is 2.45. The standard InChI is InChI=1S/C15H25F4NO/c1-2-20-13(10-21-11-15(18,19)14(16)17)12-8-6-4-3-5-7-9-12/h8,13-14,20H,2-7,9-11H2,1H3. The quantitative estimate of drug-likeness (QED) is 0.537. The van der Waals surface area contributed by atoms with E-state index in [0.717, 1.165) is 31.3 Å². The topological polar surface area (TPSA) is 21.3 Å². The molecule has 0 fully saturated rings. The Labute approximate surface area is 123 Å². The summed E-state index contributed by atoms with van der Waals surface area (Å²) in [5.74, 6) is -4.08. The molecule has 0 saturated heterocycles. The van der Waals surface area contributed by atoms with Gasteiger partial charge in [-0.1, -0.05) is 31.4 Å². The maximum atomic E-state index is 12.8. The molecule has 0 heterocycles. The number of halogens is 4. The number of nitrogens with one attached hydrogen (secondary N) is 1. The first-order chi connectivity index (χ1) is 9.97. The zero-order valence-corrected chi connectivity index (χ0v) is 12.5. The molecule has 21 heavy (non-hydrogen) atoms. The zero-order chi connectivity index (χ0) is 15.7. The highest BCUT2D eigenvalue weighted by atomic mass is 19.3. The highest BCUT2D eigenvalue weighted by molar-refractivity contribution is 5.12. The summed E-state index contributed by atoms with van der Waals surface area (Å²) in [4.78, 5) is 0. The summed E-state index contributed by atoms with van der Waals surface area (Å²) in [6.45, 7) is 1.36. The number of rotatable bonds is 8. The second-order valence-corrected chi connectivity index (χ2v) is 5.42. The van der Waals surface area contributed by atoms with Crippen molar-refractivity contribution < 1.29 is 22.3 Å². The predicted octanol–water partition coefficient (Wildman–Crippen LogP) is 4.16. The first kappa shape index (κ1) is 18.4. The molecule has 124 valence electrons. The maximum Gasteiger partial charge on any atom is 0.330 e. The van der Waals surface area contributed by atoms with E-state index in [0.29, 0.717) is 6.54 Å². The Kier molecular flexibility index (Phi) is 8.26. The number of hydrogen-bond acceptors (Lipinski definition) is 2. The SMILES string of the molecule is CCNC(COCC(F)(F)C(F)F)C1=CCCCCCC1. The number of ether oxygens (including phenoxy) is 1. The van der Waals surface area contributed by atoms with Gasteiger partial charge in [-0.05, 0) is 32.2 Å². The van der Waals surface area contributed by atoms with Crippen molar-refractivity contribution in [1.29, 1.82) is 0 Å². The molecule has 1 aliphatic carbocycles. The minimum atomic E-state index is -4.08. The lowest BCUT2D eigenvalue weighted by Gasteiger charge is -2.24. The molecule has 0 spiro atoms. The van der Waals surface area contributed by atoms with E-state index in [-0.39, 0.29) is 12.6 Å². The number of likely N-dealkylation sites (N-methyl/N-ethyl adjacent to an activating group) is 1. The van der Waals surface area contributed by atoms with Crippen LogP contribution in [0.15, 0.2) is 11.6 Å². The molecule has 0 saturated carbocycles. The van der Waals surface area contributed by atoms with Crippen LogP contribution in [-0.2, 0) is 4.74 Å². The first-order valence-electron chi connectivity index (χ1n) is 7.63. The molecule has 1 unspecified atom stereocenters. The summed E-state index contributed by atoms with van der Waals surface area (Å²) in [7, 11) is 0. The summed E-state index contributed by atoms with van der Waals surface area (Å²) >= 11 is 0. The lowest BCUT2D eigenvalue weighted by molar-refractivity contribution is -0.166. The van der Waals surface area contributed by atoms with Crippen LogP contribution in [0, 0.1) is 0 Å². The Balaban J connectivity index is 2.52. The van der Waals surface area contributed by atoms with Crippen molar-refractivity contribution in [1.82, 2.24) is 5.32 Å². The van der Waals surface area contributed by atoms with E-state index in [9.17, 15) is 17.6 Å². The molecular weight excluding hydrogens is 286 g/mol. The zero-order valence-electron chi connectivity index (χ0n) is 12.5. The van der Waals surface area contributed by atoms with Crippen molar-refractivity contribution in [2.24, 2.45) is 0 Å². The molecule has 1 aliphatic rings. The second kappa shape index (κ2) is 9.41. The fraction of sp³-hybridized carbons (Fsp3) is 0.867. The van der Waals surface area contributed by atoms with E-state index in [1.807, 2.05) is 6.92 Å². The van der Waals surface area contributed by atoms with E-state index >= 15 is 0 Å². The molecule has 1 atom stereocenters. The van der Waals surface area contributed by atoms with E-state index in [2.05, 4.69) is 11.4 Å². The van der Waals surface area contributed by atoms with Gasteiger partial charge in [0.2, 0.25) is 0 Å². The van der Waals surface area contributed by atoms with Crippen LogP contribution in [0.5, 0.6) is 0 Å². The van der Waals surface area contributed by atoms with Crippen molar-refractivity contribution in [3.63, 3.8) is 0 Å². The molecule has 6 heteroatoms. The van der Waals surface area contributed by atoms with Crippen molar-refractivity contribution in [3.05, 3.63) is 11.6 Å². The largest absolute Gasteiger partial charge is 0.373 e. The molecule has 2 nitrogen and oxygen atoms in total. The monoisotopic (exact) mass is 311 g/mol. The summed E-state index contributed by atoms with van der Waals surface area (Å²) in [5, 5.41) is 3.19. The number of allylic oxidation sites excluding steroid dienone is 1. The number of alkyl halides is 4. The van der Waals surface area contributed by atoms with Crippen molar-refractivity contribution in [2.45, 2.75) is 63.8 Å². The van der Waals surface area contributed by atoms with Crippen LogP contribution in [0.3, 0.4) is 0 Å². The lowest BCUT2D eigenvalue weighted by Crippen LogP contribution is -2.39. The second-order valence-electron chi connectivity index (χ2n) is 5.42. The Morgan fingerprint density at radius 1 is 1.24 bits per heavy atom. The normalized spacial score (nSPS) is 19.0. The molecule has 0 aromatic rings. The van der Waals surface area contributed by atoms with Gasteiger partial charge in [0.05, 0.1) is 12.6 Å². The average molecular weight is 311 g/mol. The first-order valence-corrected chi connectivity index (χ1v) is 7.63. The van der Waals surface area contributed by atoms with Gasteiger partial charge in [0.1, 0.15) is 6.61 Å². The van der Waals surface area contributed by atoms with Gasteiger partial charge in [0, 0.05) is 0 Å². The lowest BCUT2D eigenvalue weighted by atomic mass is 9.95. The van der Waals surface area contributed by atoms with Gasteiger partial charge in [-0.3, -0.25) is 0 Å². The third kappa shape index (κ3) is 6.78. The van der Waals surface area contributed by atoms with Crippen molar-refractivity contribution in [2.75, 3.05) is 19.8 Å². The third-order valence-electron chi connectivity index (χ3n) is 3.62. The summed E-state index contributed by atoms with van der Waals surface area (Å²) in [5.41, 5.74) is 1.15. The summed E-state index contributed by atoms with van der Waals surface area (Å²) in [6.07, 6.45) is 4.93. The van der Waals surface area contributed by atoms with Crippen molar-refractivity contribution in [3.8, 4) is 0 Å². The maximum absolute atomic E-state index is 12.8. The Bertz CT molecular complexity index is 321. The van der Waals surface area contributed by atoms with Gasteiger partial charge in [-0.15, -0.1) is 0 Å². The van der Waals surface area contributed by atoms with Gasteiger partial charge >= 0.3 is 12.3 Å². The van der Waals surface area contributed by atoms with E-state index in [1.54, 1.807) is 0 Å². The smallest absolute Gasteiger partial charge is 0.330 e. The summed E-state index contributed by atoms with van der Waals surface area (Å²) < 4.78 is 54.7. The van der Waals surface area contributed by atoms with Gasteiger partial charge in [0.15, 0.2) is 0 Å². The van der Waals surface area contributed by atoms with Crippen LogP contribution in [0.1, 0.15) is 45.4 Å². The minimum Gasteiger partial charge on any atom is -0.373 e. The third-order valence-corrected chi connectivity index (χ3v) is 3.62. The van der Waals surface area contributed by atoms with Gasteiger partial charge in [-0.2, -0.15) is 8.78 Å². The van der Waals surface area contributed by atoms with Crippen LogP contribution >= 0.6 is 0 Å². The van der Waals surface area contributed by atoms with Gasteiger partial charge in [-0.25, -0.2) is 8.78 Å². The van der Waals surface area contributed by atoms with Crippen LogP contribution in [0.2, 0.25) is 0 Å². The van der Waals surface area contributed by atoms with Gasteiger partial charge < -0.3 is 10.1 Å². The molecule has 0 aliphatic heterocycles. The van der Waals surface area contributed by atoms with E-state index < -0.39 is 19.0 Å².